The average Bonchev–Trinajstić information content (AvgIpc) is 2.78. The SMILES string of the molecule is CC(C)NCCc1nc(C2COCCO2)no1. The quantitative estimate of drug-likeness (QED) is 0.818. The van der Waals surface area contributed by atoms with E-state index in [0.717, 1.165) is 13.0 Å². The van der Waals surface area contributed by atoms with Crippen molar-refractivity contribution in [3.8, 4) is 0 Å². The molecule has 1 aliphatic rings. The third-order valence-electron chi connectivity index (χ3n) is 2.48. The van der Waals surface area contributed by atoms with Gasteiger partial charge in [0.2, 0.25) is 11.7 Å². The summed E-state index contributed by atoms with van der Waals surface area (Å²) in [6.07, 6.45) is 0.554. The molecule has 1 unspecified atom stereocenters. The van der Waals surface area contributed by atoms with Crippen molar-refractivity contribution in [3.05, 3.63) is 11.7 Å². The number of hydrogen-bond acceptors (Lipinski definition) is 6. The van der Waals surface area contributed by atoms with Crippen LogP contribution in [0.4, 0.5) is 0 Å². The maximum Gasteiger partial charge on any atom is 0.228 e. The minimum absolute atomic E-state index is 0.181. The second-order valence-electron chi connectivity index (χ2n) is 4.34. The van der Waals surface area contributed by atoms with Crippen molar-refractivity contribution in [2.24, 2.45) is 0 Å². The molecule has 1 aliphatic heterocycles. The van der Waals surface area contributed by atoms with Gasteiger partial charge in [-0.2, -0.15) is 4.98 Å². The van der Waals surface area contributed by atoms with E-state index < -0.39 is 0 Å². The van der Waals surface area contributed by atoms with Gasteiger partial charge in [0.05, 0.1) is 19.8 Å². The van der Waals surface area contributed by atoms with Gasteiger partial charge in [0.1, 0.15) is 6.10 Å². The average molecular weight is 241 g/mol. The maximum absolute atomic E-state index is 5.49. The monoisotopic (exact) mass is 241 g/mol. The van der Waals surface area contributed by atoms with Crippen molar-refractivity contribution in [2.45, 2.75) is 32.4 Å². The highest BCUT2D eigenvalue weighted by Gasteiger charge is 2.22. The molecule has 17 heavy (non-hydrogen) atoms. The predicted octanol–water partition coefficient (Wildman–Crippen LogP) is 0.698. The summed E-state index contributed by atoms with van der Waals surface area (Å²) in [4.78, 5) is 4.31. The Kier molecular flexibility index (Phi) is 4.47. The largest absolute Gasteiger partial charge is 0.376 e. The Bertz CT molecular complexity index is 334. The van der Waals surface area contributed by atoms with Crippen molar-refractivity contribution < 1.29 is 14.0 Å². The van der Waals surface area contributed by atoms with Gasteiger partial charge < -0.3 is 19.3 Å². The first kappa shape index (κ1) is 12.5. The van der Waals surface area contributed by atoms with Crippen LogP contribution in [-0.2, 0) is 15.9 Å². The van der Waals surface area contributed by atoms with E-state index in [1.807, 2.05) is 0 Å². The Hall–Kier alpha value is -0.980. The number of hydrogen-bond donors (Lipinski definition) is 1. The van der Waals surface area contributed by atoms with E-state index in [2.05, 4.69) is 29.3 Å². The lowest BCUT2D eigenvalue weighted by Crippen LogP contribution is -2.25. The van der Waals surface area contributed by atoms with E-state index in [9.17, 15) is 0 Å². The van der Waals surface area contributed by atoms with E-state index >= 15 is 0 Å². The van der Waals surface area contributed by atoms with Crippen molar-refractivity contribution in [3.63, 3.8) is 0 Å². The highest BCUT2D eigenvalue weighted by Crippen LogP contribution is 2.17. The molecule has 0 saturated carbocycles. The van der Waals surface area contributed by atoms with E-state index in [4.69, 9.17) is 14.0 Å². The number of ether oxygens (including phenoxy) is 2. The summed E-state index contributed by atoms with van der Waals surface area (Å²) in [7, 11) is 0. The summed E-state index contributed by atoms with van der Waals surface area (Å²) in [5, 5.41) is 7.22. The molecule has 0 spiro atoms. The molecule has 2 heterocycles. The van der Waals surface area contributed by atoms with Crippen molar-refractivity contribution >= 4 is 0 Å². The maximum atomic E-state index is 5.49. The Morgan fingerprint density at radius 2 is 2.29 bits per heavy atom. The second-order valence-corrected chi connectivity index (χ2v) is 4.34. The highest BCUT2D eigenvalue weighted by molar-refractivity contribution is 4.92. The highest BCUT2D eigenvalue weighted by atomic mass is 16.6. The van der Waals surface area contributed by atoms with E-state index in [1.54, 1.807) is 0 Å². The normalized spacial score (nSPS) is 21.0. The molecule has 0 bridgehead atoms. The van der Waals surface area contributed by atoms with E-state index in [0.29, 0.717) is 37.6 Å². The second kappa shape index (κ2) is 6.09. The Labute approximate surface area is 101 Å². The fourth-order valence-corrected chi connectivity index (χ4v) is 1.60. The molecular formula is C11H19N3O3. The molecule has 2 rings (SSSR count). The lowest BCUT2D eigenvalue weighted by atomic mass is 10.3. The third-order valence-corrected chi connectivity index (χ3v) is 2.48. The smallest absolute Gasteiger partial charge is 0.228 e. The summed E-state index contributed by atoms with van der Waals surface area (Å²) in [6.45, 7) is 6.77. The molecule has 1 aromatic heterocycles. The van der Waals surface area contributed by atoms with Crippen LogP contribution in [0, 0.1) is 0 Å². The molecule has 6 nitrogen and oxygen atoms in total. The van der Waals surface area contributed by atoms with Gasteiger partial charge in [0, 0.05) is 19.0 Å². The topological polar surface area (TPSA) is 69.4 Å². The molecule has 1 saturated heterocycles. The van der Waals surface area contributed by atoms with Crippen LogP contribution < -0.4 is 5.32 Å². The van der Waals surface area contributed by atoms with Crippen LogP contribution in [0.15, 0.2) is 4.52 Å². The van der Waals surface area contributed by atoms with E-state index in [1.165, 1.54) is 0 Å². The van der Waals surface area contributed by atoms with Crippen molar-refractivity contribution in [1.29, 1.82) is 0 Å². The minimum atomic E-state index is -0.181. The van der Waals surface area contributed by atoms with E-state index in [-0.39, 0.29) is 6.10 Å². The number of aromatic nitrogens is 2. The lowest BCUT2D eigenvalue weighted by Gasteiger charge is -2.19. The predicted molar refractivity (Wildman–Crippen MR) is 60.7 cm³/mol. The van der Waals surface area contributed by atoms with Crippen LogP contribution in [0.25, 0.3) is 0 Å². The summed E-state index contributed by atoms with van der Waals surface area (Å²) in [6, 6.07) is 0.465. The van der Waals surface area contributed by atoms with Crippen LogP contribution in [0.1, 0.15) is 31.7 Å². The summed E-state index contributed by atoms with van der Waals surface area (Å²) >= 11 is 0. The first-order valence-corrected chi connectivity index (χ1v) is 6.01. The summed E-state index contributed by atoms with van der Waals surface area (Å²) in [5.41, 5.74) is 0. The molecule has 0 aromatic carbocycles. The van der Waals surface area contributed by atoms with Crippen LogP contribution in [0.2, 0.25) is 0 Å². The molecule has 0 aliphatic carbocycles. The molecule has 96 valence electrons. The lowest BCUT2D eigenvalue weighted by molar-refractivity contribution is -0.0941. The van der Waals surface area contributed by atoms with Gasteiger partial charge in [0.25, 0.3) is 0 Å². The zero-order chi connectivity index (χ0) is 12.1. The number of nitrogens with one attached hydrogen (secondary N) is 1. The fourth-order valence-electron chi connectivity index (χ4n) is 1.60. The molecule has 0 radical (unpaired) electrons. The molecule has 1 N–H and O–H groups in total. The first-order chi connectivity index (χ1) is 8.25. The van der Waals surface area contributed by atoms with Crippen molar-refractivity contribution in [1.82, 2.24) is 15.5 Å². The molecule has 1 aromatic rings. The van der Waals surface area contributed by atoms with Crippen LogP contribution in [0.5, 0.6) is 0 Å². The van der Waals surface area contributed by atoms with Gasteiger partial charge in [-0.25, -0.2) is 0 Å². The zero-order valence-electron chi connectivity index (χ0n) is 10.3. The Morgan fingerprint density at radius 1 is 1.41 bits per heavy atom. The number of rotatable bonds is 5. The standard InChI is InChI=1S/C11H19N3O3/c1-8(2)12-4-3-10-13-11(14-17-10)9-7-15-5-6-16-9/h8-9,12H,3-7H2,1-2H3. The van der Waals surface area contributed by atoms with Gasteiger partial charge in [-0.15, -0.1) is 0 Å². The third kappa shape index (κ3) is 3.76. The van der Waals surface area contributed by atoms with Crippen LogP contribution in [-0.4, -0.2) is 42.5 Å². The summed E-state index contributed by atoms with van der Waals surface area (Å²) < 4.78 is 16.0. The molecular weight excluding hydrogens is 222 g/mol. The molecule has 6 heteroatoms. The molecule has 0 amide bonds. The minimum Gasteiger partial charge on any atom is -0.376 e. The summed E-state index contributed by atoms with van der Waals surface area (Å²) in [5.74, 6) is 1.23. The van der Waals surface area contributed by atoms with Crippen molar-refractivity contribution in [2.75, 3.05) is 26.4 Å². The van der Waals surface area contributed by atoms with Gasteiger partial charge in [-0.05, 0) is 0 Å². The van der Waals surface area contributed by atoms with Gasteiger partial charge in [0.15, 0.2) is 0 Å². The molecule has 1 atom stereocenters. The van der Waals surface area contributed by atoms with Crippen LogP contribution >= 0.6 is 0 Å². The van der Waals surface area contributed by atoms with Gasteiger partial charge in [-0.3, -0.25) is 0 Å². The van der Waals surface area contributed by atoms with Gasteiger partial charge in [-0.1, -0.05) is 19.0 Å². The fraction of sp³-hybridized carbons (Fsp3) is 0.818. The first-order valence-electron chi connectivity index (χ1n) is 6.01. The zero-order valence-corrected chi connectivity index (χ0v) is 10.3. The number of nitrogens with zero attached hydrogens (tertiary/aromatic N) is 2. The molecule has 1 fully saturated rings. The van der Waals surface area contributed by atoms with Gasteiger partial charge >= 0.3 is 0 Å². The Morgan fingerprint density at radius 3 is 3.00 bits per heavy atom. The van der Waals surface area contributed by atoms with Crippen LogP contribution in [0.3, 0.4) is 0 Å². The Balaban J connectivity index is 1.82.